The lowest BCUT2D eigenvalue weighted by molar-refractivity contribution is 0.0817. The van der Waals surface area contributed by atoms with E-state index in [1.165, 1.54) is 7.11 Å². The van der Waals surface area contributed by atoms with Crippen molar-refractivity contribution >= 4 is 17.3 Å². The summed E-state index contributed by atoms with van der Waals surface area (Å²) >= 11 is 0. The number of methoxy groups -OCH3 is 1. The molecule has 1 N–H and O–H groups in total. The van der Waals surface area contributed by atoms with Gasteiger partial charge in [0, 0.05) is 19.2 Å². The maximum absolute atomic E-state index is 12.7. The molecule has 30 heavy (non-hydrogen) atoms. The summed E-state index contributed by atoms with van der Waals surface area (Å²) in [6.07, 6.45) is 0.489. The molecule has 8 heteroatoms. The Morgan fingerprint density at radius 1 is 1.20 bits per heavy atom. The van der Waals surface area contributed by atoms with Crippen LogP contribution in [0.5, 0.6) is 5.75 Å². The molecular formula is C22H20N6O2. The van der Waals surface area contributed by atoms with Gasteiger partial charge >= 0.3 is 0 Å². The molecule has 2 aromatic heterocycles. The van der Waals surface area contributed by atoms with Gasteiger partial charge in [-0.1, -0.05) is 6.07 Å². The molecule has 0 aliphatic carbocycles. The molecule has 0 bridgehead atoms. The van der Waals surface area contributed by atoms with Crippen LogP contribution < -0.4 is 10.1 Å². The first-order chi connectivity index (χ1) is 14.5. The average molecular weight is 400 g/mol. The third kappa shape index (κ3) is 3.53. The van der Waals surface area contributed by atoms with E-state index in [0.29, 0.717) is 46.9 Å². The van der Waals surface area contributed by atoms with Gasteiger partial charge in [0.25, 0.3) is 5.91 Å². The molecule has 150 valence electrons. The fourth-order valence-corrected chi connectivity index (χ4v) is 3.48. The number of hydrogen-bond donors (Lipinski definition) is 1. The van der Waals surface area contributed by atoms with Gasteiger partial charge in [0.15, 0.2) is 5.75 Å². The van der Waals surface area contributed by atoms with Gasteiger partial charge in [-0.2, -0.15) is 15.5 Å². The zero-order chi connectivity index (χ0) is 21.3. The number of anilines is 2. The second-order valence-corrected chi connectivity index (χ2v) is 7.11. The Labute approximate surface area is 174 Å². The topological polar surface area (TPSA) is 104 Å². The quantitative estimate of drug-likeness (QED) is 0.702. The lowest BCUT2D eigenvalue weighted by atomic mass is 10.1. The van der Waals surface area contributed by atoms with Gasteiger partial charge in [-0.15, -0.1) is 0 Å². The third-order valence-corrected chi connectivity index (χ3v) is 4.92. The number of ether oxygens (including phenoxy) is 1. The summed E-state index contributed by atoms with van der Waals surface area (Å²) in [5, 5.41) is 21.0. The summed E-state index contributed by atoms with van der Waals surface area (Å²) in [7, 11) is 3.26. The van der Waals surface area contributed by atoms with Crippen molar-refractivity contribution in [3.63, 3.8) is 0 Å². The van der Waals surface area contributed by atoms with Crippen LogP contribution in [0, 0.1) is 18.3 Å². The standard InChI is InChI=1S/C22H20N6O2/c1-13-7-8-15(27-26-13)9-16-10-18(20-19(24-16)12-28(2)22(20)29)25-17-6-4-5-14(11-23)21(17)30-3/h4-8,10H,9,12H2,1-3H3,(H,24,25). The maximum Gasteiger partial charge on any atom is 0.257 e. The molecule has 0 radical (unpaired) electrons. The summed E-state index contributed by atoms with van der Waals surface area (Å²) in [6.45, 7) is 2.32. The molecule has 4 rings (SSSR count). The molecule has 1 amide bonds. The summed E-state index contributed by atoms with van der Waals surface area (Å²) < 4.78 is 5.43. The van der Waals surface area contributed by atoms with E-state index in [9.17, 15) is 10.1 Å². The number of hydrogen-bond acceptors (Lipinski definition) is 7. The lowest BCUT2D eigenvalue weighted by Gasteiger charge is -2.15. The molecule has 3 aromatic rings. The molecule has 0 atom stereocenters. The van der Waals surface area contributed by atoms with Crippen LogP contribution in [0.1, 0.15) is 38.7 Å². The number of benzene rings is 1. The smallest absolute Gasteiger partial charge is 0.257 e. The predicted octanol–water partition coefficient (Wildman–Crippen LogP) is 2.98. The van der Waals surface area contributed by atoms with Gasteiger partial charge < -0.3 is 15.0 Å². The van der Waals surface area contributed by atoms with Gasteiger partial charge in [-0.05, 0) is 37.3 Å². The zero-order valence-electron chi connectivity index (χ0n) is 16.9. The summed E-state index contributed by atoms with van der Waals surface area (Å²) in [4.78, 5) is 19.1. The molecule has 0 fully saturated rings. The largest absolute Gasteiger partial charge is 0.493 e. The Morgan fingerprint density at radius 2 is 2.03 bits per heavy atom. The molecule has 0 unspecified atom stereocenters. The molecule has 1 aliphatic rings. The van der Waals surface area contributed by atoms with Crippen molar-refractivity contribution in [2.24, 2.45) is 0 Å². The highest BCUT2D eigenvalue weighted by molar-refractivity contribution is 6.03. The number of nitrogens with zero attached hydrogens (tertiary/aromatic N) is 5. The molecule has 1 aliphatic heterocycles. The normalized spacial score (nSPS) is 12.5. The van der Waals surface area contributed by atoms with Crippen LogP contribution in [0.2, 0.25) is 0 Å². The predicted molar refractivity (Wildman–Crippen MR) is 111 cm³/mol. The van der Waals surface area contributed by atoms with E-state index in [-0.39, 0.29) is 5.91 Å². The fraction of sp³-hybridized carbons (Fsp3) is 0.227. The van der Waals surface area contributed by atoms with Gasteiger partial charge in [0.1, 0.15) is 6.07 Å². The van der Waals surface area contributed by atoms with E-state index in [1.807, 2.05) is 25.1 Å². The number of pyridine rings is 1. The number of nitriles is 1. The summed E-state index contributed by atoms with van der Waals surface area (Å²) in [5.74, 6) is 0.326. The zero-order valence-corrected chi connectivity index (χ0v) is 16.9. The van der Waals surface area contributed by atoms with Crippen LogP contribution >= 0.6 is 0 Å². The highest BCUT2D eigenvalue weighted by atomic mass is 16.5. The van der Waals surface area contributed by atoms with Crippen LogP contribution in [-0.2, 0) is 13.0 Å². The second-order valence-electron chi connectivity index (χ2n) is 7.11. The molecule has 0 saturated carbocycles. The SMILES string of the molecule is COc1c(C#N)cccc1Nc1cc(Cc2ccc(C)nn2)nc2c1C(=O)N(C)C2. The lowest BCUT2D eigenvalue weighted by Crippen LogP contribution is -2.18. The van der Waals surface area contributed by atoms with E-state index in [4.69, 9.17) is 9.72 Å². The van der Waals surface area contributed by atoms with Gasteiger partial charge in [-0.3, -0.25) is 9.78 Å². The van der Waals surface area contributed by atoms with Crippen molar-refractivity contribution in [1.29, 1.82) is 5.26 Å². The van der Waals surface area contributed by atoms with E-state index < -0.39 is 0 Å². The second kappa shape index (κ2) is 7.79. The minimum absolute atomic E-state index is 0.0999. The van der Waals surface area contributed by atoms with Crippen molar-refractivity contribution in [2.75, 3.05) is 19.5 Å². The number of fused-ring (bicyclic) bond motifs is 1. The van der Waals surface area contributed by atoms with Crippen molar-refractivity contribution < 1.29 is 9.53 Å². The van der Waals surface area contributed by atoms with E-state index >= 15 is 0 Å². The van der Waals surface area contributed by atoms with Crippen LogP contribution in [-0.4, -0.2) is 40.1 Å². The van der Waals surface area contributed by atoms with Crippen LogP contribution in [0.4, 0.5) is 11.4 Å². The van der Waals surface area contributed by atoms with E-state index in [2.05, 4.69) is 21.6 Å². The van der Waals surface area contributed by atoms with Crippen molar-refractivity contribution in [3.8, 4) is 11.8 Å². The van der Waals surface area contributed by atoms with Gasteiger partial charge in [0.05, 0.1) is 53.2 Å². The Balaban J connectivity index is 1.77. The number of carbonyl (C=O) groups excluding carboxylic acids is 1. The van der Waals surface area contributed by atoms with Crippen molar-refractivity contribution in [3.05, 3.63) is 70.3 Å². The third-order valence-electron chi connectivity index (χ3n) is 4.92. The number of rotatable bonds is 5. The first kappa shape index (κ1) is 19.3. The van der Waals surface area contributed by atoms with E-state index in [0.717, 1.165) is 17.1 Å². The number of carbonyl (C=O) groups is 1. The first-order valence-electron chi connectivity index (χ1n) is 9.41. The molecule has 0 saturated heterocycles. The average Bonchev–Trinajstić information content (AvgIpc) is 3.03. The van der Waals surface area contributed by atoms with Crippen LogP contribution in [0.15, 0.2) is 36.4 Å². The first-order valence-corrected chi connectivity index (χ1v) is 9.41. The summed E-state index contributed by atoms with van der Waals surface area (Å²) in [6, 6.07) is 13.0. The highest BCUT2D eigenvalue weighted by Gasteiger charge is 2.30. The Hall–Kier alpha value is -3.99. The Morgan fingerprint density at radius 3 is 2.73 bits per heavy atom. The molecular weight excluding hydrogens is 380 g/mol. The Bertz CT molecular complexity index is 1170. The van der Waals surface area contributed by atoms with E-state index in [1.54, 1.807) is 30.1 Å². The van der Waals surface area contributed by atoms with Crippen LogP contribution in [0.25, 0.3) is 0 Å². The van der Waals surface area contributed by atoms with Crippen LogP contribution in [0.3, 0.4) is 0 Å². The minimum Gasteiger partial charge on any atom is -0.493 e. The molecule has 3 heterocycles. The molecule has 1 aromatic carbocycles. The monoisotopic (exact) mass is 400 g/mol. The number of aromatic nitrogens is 3. The molecule has 0 spiro atoms. The van der Waals surface area contributed by atoms with Gasteiger partial charge in [-0.25, -0.2) is 0 Å². The van der Waals surface area contributed by atoms with Gasteiger partial charge in [0.2, 0.25) is 0 Å². The van der Waals surface area contributed by atoms with Crippen molar-refractivity contribution in [2.45, 2.75) is 19.9 Å². The Kier molecular flexibility index (Phi) is 5.02. The number of aryl methyl sites for hydroxylation is 1. The summed E-state index contributed by atoms with van der Waals surface area (Å²) in [5.41, 5.74) is 5.28. The number of amides is 1. The fourth-order valence-electron chi connectivity index (χ4n) is 3.48. The maximum atomic E-state index is 12.7. The van der Waals surface area contributed by atoms with Crippen molar-refractivity contribution in [1.82, 2.24) is 20.1 Å². The highest BCUT2D eigenvalue weighted by Crippen LogP contribution is 2.35. The molecule has 8 nitrogen and oxygen atoms in total. The number of para-hydroxylation sites is 1. The number of nitrogens with one attached hydrogen (secondary N) is 1. The minimum atomic E-state index is -0.0999.